The lowest BCUT2D eigenvalue weighted by Gasteiger charge is -2.44. The van der Waals surface area contributed by atoms with Gasteiger partial charge in [0.15, 0.2) is 55.5 Å². The van der Waals surface area contributed by atoms with Gasteiger partial charge in [-0.25, -0.2) is 31.1 Å². The van der Waals surface area contributed by atoms with E-state index >= 15 is 0 Å². The van der Waals surface area contributed by atoms with Crippen LogP contribution in [0.25, 0.3) is 0 Å². The predicted octanol–water partition coefficient (Wildman–Crippen LogP) is 6.47. The minimum absolute atomic E-state index is 0.0380. The van der Waals surface area contributed by atoms with E-state index in [1.54, 1.807) is 0 Å². The summed E-state index contributed by atoms with van der Waals surface area (Å²) in [6.45, 7) is 13.0. The molecule has 3 aromatic carbocycles. The number of halogens is 13. The fourth-order valence-corrected chi connectivity index (χ4v) is 11.5. The first-order valence-corrected chi connectivity index (χ1v) is 38.3. The standard InChI is InChI=1S/C26H35NO11.C25H28F5NO11.C19H29NO11.C8F8O2/c1-16(28)27-23-25(37-19(4)31)24(36-18(3)30)21(15-34-17(2)29)38-26(23)33-13-9-8-12-22(32)35-14-20-10-6-5-7-11-20;1-10(32)31-21-24(40-13(4)35)22(39-12(3)34)14(9-38-11(2)33)41-25(21)37-8-6-5-7-15(36)42-23-19(29)17(27)16(26)18(28)20(23)30;1-10(21)20-16-18(30-13(4)24)17(29-12(3)23)14(9-28-11(2)22)31-19(16)27-8-6-5-7-15(25)26;9-1-2(10)4(12)6(5(13)3(1)11)18-7(17)8(14,15)16/h5-7,10-11,21,23-26H,8-9,12-15H2,1-4H3,(H,27,28);14,21-22,24-25H,5-9H2,1-4H3,(H,31,32);14,16-19H,5-9H2,1-4H3,(H,20,21)(H,25,26);/t21-,23-,24+,25-,26-;14-,21-,22+,24-,25-;14-,16-,17+,18-,19-;/m111./s1. The molecule has 38 nitrogen and oxygen atoms in total. The largest absolute Gasteiger partial charge is 0.491 e. The summed E-state index contributed by atoms with van der Waals surface area (Å²) in [6, 6.07) is 6.01. The van der Waals surface area contributed by atoms with Crippen molar-refractivity contribution in [2.45, 2.75) is 246 Å². The highest BCUT2D eigenvalue weighted by Gasteiger charge is 2.55. The van der Waals surface area contributed by atoms with E-state index in [0.29, 0.717) is 25.7 Å². The molecule has 3 fully saturated rings. The van der Waals surface area contributed by atoms with Gasteiger partial charge in [-0.05, 0) is 44.1 Å². The summed E-state index contributed by atoms with van der Waals surface area (Å²) in [6.07, 6.45) is -18.8. The van der Waals surface area contributed by atoms with Gasteiger partial charge < -0.3 is 106 Å². The number of hydrogen-bond acceptors (Lipinski definition) is 34. The van der Waals surface area contributed by atoms with E-state index in [1.807, 2.05) is 30.3 Å². The molecule has 129 heavy (non-hydrogen) atoms. The average Bonchev–Trinajstić information content (AvgIpc) is 0.807. The predicted molar refractivity (Wildman–Crippen MR) is 395 cm³/mol. The quantitative estimate of drug-likeness (QED) is 0.00913. The number of carbonyl (C=O) groups is 16. The number of alkyl halides is 3. The van der Waals surface area contributed by atoms with Crippen LogP contribution in [0.4, 0.5) is 57.1 Å². The molecule has 3 saturated heterocycles. The highest BCUT2D eigenvalue weighted by atomic mass is 19.4. The SMILES string of the molecule is CC(=O)N[C@H]1[C@H](OCCCCC(=O)O)O[C@H](COC(C)=O)[C@H](OC(C)=O)[C@@H]1OC(C)=O.CC(=O)N[C@H]1[C@H](OCCCCC(=O)OCc2ccccc2)O[C@H](COC(C)=O)[C@H](OC(C)=O)[C@@H]1OC(C)=O.CC(=O)N[C@H]1[C@H](OCCCCC(=O)Oc2c(F)c(F)c(F)c(F)c2F)O[C@H](COC(C)=O)[C@H](OC(C)=O)[C@@H]1OC(C)=O.O=C(Oc1c(F)c(F)c(F)c(F)c1F)C(F)(F)F. The van der Waals surface area contributed by atoms with Gasteiger partial charge in [-0.3, -0.25) is 71.9 Å². The molecular weight excluding hydrogens is 1790 g/mol. The molecule has 0 aromatic heterocycles. The zero-order valence-electron chi connectivity index (χ0n) is 70.6. The van der Waals surface area contributed by atoms with Crippen LogP contribution >= 0.6 is 0 Å². The Hall–Kier alpha value is -12.0. The molecule has 0 unspecified atom stereocenters. The zero-order valence-corrected chi connectivity index (χ0v) is 70.6. The van der Waals surface area contributed by atoms with Crippen molar-refractivity contribution in [3.05, 3.63) is 94.1 Å². The number of ether oxygens (including phenoxy) is 18. The molecule has 3 aromatic rings. The van der Waals surface area contributed by atoms with Gasteiger partial charge in [0.1, 0.15) is 62.9 Å². The third-order valence-electron chi connectivity index (χ3n) is 16.6. The first-order valence-electron chi connectivity index (χ1n) is 38.3. The summed E-state index contributed by atoms with van der Waals surface area (Å²) in [5.74, 6) is -42.2. The van der Waals surface area contributed by atoms with E-state index in [9.17, 15) is 134 Å². The summed E-state index contributed by atoms with van der Waals surface area (Å²) < 4.78 is 260. The molecular formula is C78H92F13N3O35. The van der Waals surface area contributed by atoms with E-state index in [1.165, 1.54) is 34.6 Å². The molecule has 0 spiro atoms. The number of benzene rings is 3. The first kappa shape index (κ1) is 111. The third kappa shape index (κ3) is 38.5. The third-order valence-corrected chi connectivity index (χ3v) is 16.6. The van der Waals surface area contributed by atoms with Crippen LogP contribution in [0.5, 0.6) is 11.5 Å². The fraction of sp³-hybridized carbons (Fsp3) is 0.564. The molecule has 3 aliphatic rings. The van der Waals surface area contributed by atoms with Gasteiger partial charge in [0.2, 0.25) is 87.4 Å². The van der Waals surface area contributed by atoms with Crippen molar-refractivity contribution in [1.82, 2.24) is 16.0 Å². The molecule has 720 valence electrons. The molecule has 51 heteroatoms. The number of amides is 3. The Morgan fingerprint density at radius 3 is 0.884 bits per heavy atom. The molecule has 4 N–H and O–H groups in total. The van der Waals surface area contributed by atoms with Crippen molar-refractivity contribution in [1.29, 1.82) is 0 Å². The zero-order chi connectivity index (χ0) is 97.6. The van der Waals surface area contributed by atoms with Gasteiger partial charge in [-0.1, -0.05) is 30.3 Å². The number of hydrogen-bond donors (Lipinski definition) is 4. The fourth-order valence-electron chi connectivity index (χ4n) is 11.5. The summed E-state index contributed by atoms with van der Waals surface area (Å²) in [4.78, 5) is 185. The van der Waals surface area contributed by atoms with Crippen LogP contribution in [-0.4, -0.2) is 238 Å². The second-order valence-electron chi connectivity index (χ2n) is 27.3. The molecule has 3 heterocycles. The van der Waals surface area contributed by atoms with Gasteiger partial charge in [0, 0.05) is 122 Å². The lowest BCUT2D eigenvalue weighted by molar-refractivity contribution is -0.277. The molecule has 0 bridgehead atoms. The summed E-state index contributed by atoms with van der Waals surface area (Å²) in [5, 5.41) is 16.4. The van der Waals surface area contributed by atoms with E-state index in [4.69, 9.17) is 80.9 Å². The Balaban J connectivity index is 0.000000459. The minimum atomic E-state index is -5.65. The number of carboxylic acid groups (broad SMARTS) is 1. The van der Waals surface area contributed by atoms with Crippen LogP contribution in [0.2, 0.25) is 0 Å². The number of nitrogens with one attached hydrogen (secondary N) is 3. The van der Waals surface area contributed by atoms with Gasteiger partial charge >= 0.3 is 83.8 Å². The van der Waals surface area contributed by atoms with Crippen molar-refractivity contribution in [2.24, 2.45) is 0 Å². The molecule has 0 radical (unpaired) electrons. The van der Waals surface area contributed by atoms with Gasteiger partial charge in [0.25, 0.3) is 0 Å². The first-order chi connectivity index (χ1) is 60.3. The Kier molecular flexibility index (Phi) is 46.9. The van der Waals surface area contributed by atoms with Crippen molar-refractivity contribution in [2.75, 3.05) is 39.6 Å². The Bertz CT molecular complexity index is 4340. The normalized spacial score (nSPS) is 21.4. The number of esters is 12. The molecule has 0 saturated carbocycles. The van der Waals surface area contributed by atoms with E-state index in [0.717, 1.165) is 54.0 Å². The number of rotatable bonds is 37. The summed E-state index contributed by atoms with van der Waals surface area (Å²) in [7, 11) is 0. The lowest BCUT2D eigenvalue weighted by atomic mass is 9.96. The van der Waals surface area contributed by atoms with E-state index in [-0.39, 0.29) is 71.3 Å². The topological polar surface area (TPSA) is 496 Å². The monoisotopic (exact) mass is 1880 g/mol. The van der Waals surface area contributed by atoms with Crippen molar-refractivity contribution in [3.63, 3.8) is 0 Å². The van der Waals surface area contributed by atoms with Gasteiger partial charge in [-0.15, -0.1) is 0 Å². The second kappa shape index (κ2) is 54.4. The maximum atomic E-state index is 13.7. The van der Waals surface area contributed by atoms with Crippen LogP contribution in [-0.2, 0) is 159 Å². The highest BCUT2D eigenvalue weighted by Crippen LogP contribution is 2.35. The van der Waals surface area contributed by atoms with E-state index < -0.39 is 270 Å². The number of unbranched alkanes of at least 4 members (excludes halogenated alkanes) is 3. The molecule has 6 rings (SSSR count). The van der Waals surface area contributed by atoms with Gasteiger partial charge in [-0.2, -0.15) is 30.7 Å². The smallest absolute Gasteiger partial charge is 0.481 e. The van der Waals surface area contributed by atoms with Crippen molar-refractivity contribution < 1.29 is 224 Å². The highest BCUT2D eigenvalue weighted by molar-refractivity contribution is 5.79. The Morgan fingerprint density at radius 1 is 0.341 bits per heavy atom. The van der Waals surface area contributed by atoms with E-state index in [2.05, 4.69) is 25.4 Å². The maximum Gasteiger partial charge on any atom is 0.491 e. The number of carbonyl (C=O) groups excluding carboxylic acids is 15. The van der Waals surface area contributed by atoms with Crippen molar-refractivity contribution in [3.8, 4) is 11.5 Å². The Morgan fingerprint density at radius 2 is 0.612 bits per heavy atom. The molecule has 0 aliphatic carbocycles. The average molecular weight is 1880 g/mol. The second-order valence-corrected chi connectivity index (χ2v) is 27.3. The van der Waals surface area contributed by atoms with Crippen LogP contribution in [0.3, 0.4) is 0 Å². The Labute approximate surface area is 724 Å². The summed E-state index contributed by atoms with van der Waals surface area (Å²) in [5.41, 5.74) is 0.889. The number of aliphatic carboxylic acids is 1. The van der Waals surface area contributed by atoms with Gasteiger partial charge in [0.05, 0.1) is 0 Å². The molecule has 15 atom stereocenters. The lowest BCUT2D eigenvalue weighted by Crippen LogP contribution is -2.66. The number of carboxylic acids is 1. The minimum Gasteiger partial charge on any atom is -0.481 e. The molecule has 3 aliphatic heterocycles. The van der Waals surface area contributed by atoms with Crippen LogP contribution < -0.4 is 25.4 Å². The molecule has 3 amide bonds. The van der Waals surface area contributed by atoms with Crippen LogP contribution in [0.15, 0.2) is 30.3 Å². The maximum absolute atomic E-state index is 13.7. The van der Waals surface area contributed by atoms with Crippen LogP contribution in [0.1, 0.15) is 146 Å². The van der Waals surface area contributed by atoms with Crippen LogP contribution in [0, 0.1) is 58.2 Å². The summed E-state index contributed by atoms with van der Waals surface area (Å²) >= 11 is 0. The van der Waals surface area contributed by atoms with Crippen molar-refractivity contribution >= 4 is 95.3 Å².